The minimum absolute atomic E-state index is 0.198. The molecule has 4 heterocycles. The number of benzene rings is 1. The molecule has 7 nitrogen and oxygen atoms in total. The van der Waals surface area contributed by atoms with Gasteiger partial charge < -0.3 is 9.88 Å². The standard InChI is InChI=1S/C24H29N7S/c1-4-11-31-19-9-6-5-8-18(19)27-22(31)15-30-12-7-10-20(30)23-26-16(2)13-21(28-23)29-24-25-14-17(3)32-24/h5-6,8-9,13-14,20H,4,7,10-12,15H2,1-3H3,(H,25,26,28,29). The summed E-state index contributed by atoms with van der Waals surface area (Å²) in [5, 5.41) is 4.22. The molecule has 32 heavy (non-hydrogen) atoms. The molecule has 1 fully saturated rings. The van der Waals surface area contributed by atoms with E-state index >= 15 is 0 Å². The van der Waals surface area contributed by atoms with Gasteiger partial charge in [-0.1, -0.05) is 19.1 Å². The van der Waals surface area contributed by atoms with Crippen LogP contribution in [0.2, 0.25) is 0 Å². The zero-order chi connectivity index (χ0) is 22.1. The first-order valence-corrected chi connectivity index (χ1v) is 12.2. The molecule has 0 spiro atoms. The van der Waals surface area contributed by atoms with E-state index in [1.807, 2.05) is 19.2 Å². The molecule has 0 bridgehead atoms. The van der Waals surface area contributed by atoms with Crippen molar-refractivity contribution in [1.29, 1.82) is 0 Å². The Labute approximate surface area is 192 Å². The normalized spacial score (nSPS) is 16.8. The maximum atomic E-state index is 4.98. The number of nitrogens with one attached hydrogen (secondary N) is 1. The molecular formula is C24H29N7S. The summed E-state index contributed by atoms with van der Waals surface area (Å²) in [4.78, 5) is 22.8. The Hall–Kier alpha value is -2.84. The minimum Gasteiger partial charge on any atom is -0.327 e. The summed E-state index contributed by atoms with van der Waals surface area (Å²) in [6, 6.07) is 10.6. The Bertz CT molecular complexity index is 1230. The van der Waals surface area contributed by atoms with Gasteiger partial charge in [-0.3, -0.25) is 4.90 Å². The molecule has 0 amide bonds. The molecule has 0 saturated carbocycles. The van der Waals surface area contributed by atoms with E-state index in [0.29, 0.717) is 0 Å². The number of thiazole rings is 1. The van der Waals surface area contributed by atoms with Crippen LogP contribution in [0.25, 0.3) is 11.0 Å². The van der Waals surface area contributed by atoms with E-state index in [-0.39, 0.29) is 6.04 Å². The molecule has 1 unspecified atom stereocenters. The summed E-state index contributed by atoms with van der Waals surface area (Å²) in [6.07, 6.45) is 5.17. The van der Waals surface area contributed by atoms with E-state index in [9.17, 15) is 0 Å². The van der Waals surface area contributed by atoms with Gasteiger partial charge in [-0.15, -0.1) is 11.3 Å². The first-order chi connectivity index (χ1) is 15.6. The highest BCUT2D eigenvalue weighted by molar-refractivity contribution is 7.15. The average molecular weight is 448 g/mol. The Morgan fingerprint density at radius 1 is 1.16 bits per heavy atom. The van der Waals surface area contributed by atoms with Gasteiger partial charge in [0, 0.05) is 29.4 Å². The third-order valence-electron chi connectivity index (χ3n) is 5.91. The second kappa shape index (κ2) is 8.96. The highest BCUT2D eigenvalue weighted by Gasteiger charge is 2.30. The van der Waals surface area contributed by atoms with Gasteiger partial charge in [-0.2, -0.15) is 0 Å². The van der Waals surface area contributed by atoms with E-state index in [1.54, 1.807) is 11.3 Å². The van der Waals surface area contributed by atoms with Crippen molar-refractivity contribution in [2.24, 2.45) is 0 Å². The molecule has 8 heteroatoms. The number of para-hydroxylation sites is 2. The van der Waals surface area contributed by atoms with Crippen LogP contribution in [0.4, 0.5) is 10.9 Å². The molecule has 5 rings (SSSR count). The van der Waals surface area contributed by atoms with Crippen molar-refractivity contribution in [3.63, 3.8) is 0 Å². The van der Waals surface area contributed by atoms with Crippen LogP contribution in [0.5, 0.6) is 0 Å². The van der Waals surface area contributed by atoms with Crippen LogP contribution in [0, 0.1) is 13.8 Å². The summed E-state index contributed by atoms with van der Waals surface area (Å²) in [6.45, 7) is 9.13. The monoisotopic (exact) mass is 447 g/mol. The first kappa shape index (κ1) is 21.0. The molecule has 1 saturated heterocycles. The summed E-state index contributed by atoms with van der Waals surface area (Å²) in [5.41, 5.74) is 3.26. The number of nitrogens with zero attached hydrogens (tertiary/aromatic N) is 6. The largest absolute Gasteiger partial charge is 0.327 e. The topological polar surface area (TPSA) is 71.8 Å². The lowest BCUT2D eigenvalue weighted by molar-refractivity contribution is 0.231. The van der Waals surface area contributed by atoms with Crippen molar-refractivity contribution in [2.45, 2.75) is 59.2 Å². The Morgan fingerprint density at radius 3 is 2.84 bits per heavy atom. The quantitative estimate of drug-likeness (QED) is 0.409. The molecule has 1 aliphatic heterocycles. The number of fused-ring (bicyclic) bond motifs is 1. The molecule has 0 aliphatic carbocycles. The maximum Gasteiger partial charge on any atom is 0.188 e. The summed E-state index contributed by atoms with van der Waals surface area (Å²) in [5.74, 6) is 2.83. The van der Waals surface area contributed by atoms with Gasteiger partial charge in [-0.25, -0.2) is 19.9 Å². The Morgan fingerprint density at radius 2 is 2.03 bits per heavy atom. The van der Waals surface area contributed by atoms with Crippen molar-refractivity contribution in [1.82, 2.24) is 29.4 Å². The summed E-state index contributed by atoms with van der Waals surface area (Å²) < 4.78 is 2.37. The van der Waals surface area contributed by atoms with E-state index in [2.05, 4.69) is 57.9 Å². The van der Waals surface area contributed by atoms with Crippen LogP contribution >= 0.6 is 11.3 Å². The number of aryl methyl sites for hydroxylation is 3. The second-order valence-electron chi connectivity index (χ2n) is 8.45. The van der Waals surface area contributed by atoms with Crippen molar-refractivity contribution in [2.75, 3.05) is 11.9 Å². The van der Waals surface area contributed by atoms with Crippen LogP contribution in [-0.4, -0.2) is 35.9 Å². The van der Waals surface area contributed by atoms with E-state index < -0.39 is 0 Å². The van der Waals surface area contributed by atoms with Gasteiger partial charge in [0.05, 0.1) is 23.6 Å². The fraction of sp³-hybridized carbons (Fsp3) is 0.417. The van der Waals surface area contributed by atoms with Crippen molar-refractivity contribution < 1.29 is 0 Å². The highest BCUT2D eigenvalue weighted by atomic mass is 32.1. The van der Waals surface area contributed by atoms with Gasteiger partial charge in [0.25, 0.3) is 0 Å². The van der Waals surface area contributed by atoms with Gasteiger partial charge >= 0.3 is 0 Å². The molecule has 1 aliphatic rings. The van der Waals surface area contributed by atoms with Crippen LogP contribution in [0.1, 0.15) is 54.4 Å². The lowest BCUT2D eigenvalue weighted by atomic mass is 10.2. The molecule has 0 radical (unpaired) electrons. The van der Waals surface area contributed by atoms with Gasteiger partial charge in [0.1, 0.15) is 17.5 Å². The fourth-order valence-corrected chi connectivity index (χ4v) is 5.21. The smallest absolute Gasteiger partial charge is 0.188 e. The molecular weight excluding hydrogens is 418 g/mol. The molecule has 1 N–H and O–H groups in total. The number of hydrogen-bond donors (Lipinski definition) is 1. The Balaban J connectivity index is 1.42. The molecule has 1 atom stereocenters. The maximum absolute atomic E-state index is 4.98. The average Bonchev–Trinajstić information content (AvgIpc) is 3.48. The number of aromatic nitrogens is 5. The lowest BCUT2D eigenvalue weighted by Gasteiger charge is -2.24. The van der Waals surface area contributed by atoms with Gasteiger partial charge in [-0.05, 0) is 51.8 Å². The van der Waals surface area contributed by atoms with Crippen molar-refractivity contribution in [3.8, 4) is 0 Å². The van der Waals surface area contributed by atoms with Crippen LogP contribution in [0.3, 0.4) is 0 Å². The number of likely N-dealkylation sites (tertiary alicyclic amines) is 1. The van der Waals surface area contributed by atoms with Crippen LogP contribution in [0.15, 0.2) is 36.5 Å². The Kier molecular flexibility index (Phi) is 5.89. The molecule has 166 valence electrons. The SMILES string of the molecule is CCCn1c(CN2CCCC2c2nc(C)cc(Nc3ncc(C)s3)n2)nc2ccccc21. The molecule has 4 aromatic rings. The number of rotatable bonds is 7. The second-order valence-corrected chi connectivity index (χ2v) is 9.69. The fourth-order valence-electron chi connectivity index (χ4n) is 4.54. The van der Waals surface area contributed by atoms with Crippen molar-refractivity contribution in [3.05, 3.63) is 58.7 Å². The van der Waals surface area contributed by atoms with Gasteiger partial charge in [0.15, 0.2) is 5.13 Å². The van der Waals surface area contributed by atoms with Gasteiger partial charge in [0.2, 0.25) is 0 Å². The van der Waals surface area contributed by atoms with Crippen LogP contribution in [-0.2, 0) is 13.1 Å². The van der Waals surface area contributed by atoms with E-state index in [1.165, 1.54) is 10.4 Å². The molecule has 1 aromatic carbocycles. The molecule has 3 aromatic heterocycles. The van der Waals surface area contributed by atoms with Crippen molar-refractivity contribution >= 4 is 33.3 Å². The minimum atomic E-state index is 0.198. The predicted octanol–water partition coefficient (Wildman–Crippen LogP) is 5.39. The number of anilines is 2. The van der Waals surface area contributed by atoms with Crippen LogP contribution < -0.4 is 5.32 Å². The first-order valence-electron chi connectivity index (χ1n) is 11.3. The summed E-state index contributed by atoms with van der Waals surface area (Å²) >= 11 is 1.63. The predicted molar refractivity (Wildman–Crippen MR) is 129 cm³/mol. The third-order valence-corrected chi connectivity index (χ3v) is 6.74. The highest BCUT2D eigenvalue weighted by Crippen LogP contribution is 2.33. The lowest BCUT2D eigenvalue weighted by Crippen LogP contribution is -2.26. The zero-order valence-corrected chi connectivity index (χ0v) is 19.7. The number of hydrogen-bond acceptors (Lipinski definition) is 7. The van der Waals surface area contributed by atoms with E-state index in [0.717, 1.165) is 72.7 Å². The number of imidazole rings is 1. The van der Waals surface area contributed by atoms with E-state index in [4.69, 9.17) is 15.0 Å². The zero-order valence-electron chi connectivity index (χ0n) is 18.9. The summed E-state index contributed by atoms with van der Waals surface area (Å²) in [7, 11) is 0. The third kappa shape index (κ3) is 4.25.